The van der Waals surface area contributed by atoms with E-state index in [-0.39, 0.29) is 22.8 Å². The maximum atomic E-state index is 12.7. The summed E-state index contributed by atoms with van der Waals surface area (Å²) < 4.78 is 28.1. The van der Waals surface area contributed by atoms with Crippen molar-refractivity contribution in [2.24, 2.45) is 5.92 Å². The van der Waals surface area contributed by atoms with Crippen molar-refractivity contribution in [2.45, 2.75) is 51.0 Å². The predicted molar refractivity (Wildman–Crippen MR) is 99.8 cm³/mol. The van der Waals surface area contributed by atoms with E-state index in [2.05, 4.69) is 10.0 Å². The van der Waals surface area contributed by atoms with Gasteiger partial charge in [0.15, 0.2) is 6.19 Å². The maximum absolute atomic E-state index is 12.7. The molecule has 0 aromatic heterocycles. The molecule has 2 atom stereocenters. The summed E-state index contributed by atoms with van der Waals surface area (Å²) in [5.41, 5.74) is 1.07. The van der Waals surface area contributed by atoms with Crippen LogP contribution in [0.1, 0.15) is 38.7 Å². The molecule has 1 fully saturated rings. The number of carbonyl (C=O) groups is 1. The van der Waals surface area contributed by atoms with E-state index < -0.39 is 10.0 Å². The van der Waals surface area contributed by atoms with Gasteiger partial charge >= 0.3 is 0 Å². The molecule has 7 nitrogen and oxygen atoms in total. The van der Waals surface area contributed by atoms with Gasteiger partial charge in [-0.1, -0.05) is 26.3 Å². The van der Waals surface area contributed by atoms with Crippen LogP contribution in [0.25, 0.3) is 0 Å². The molecule has 1 aromatic carbocycles. The second-order valence-corrected chi connectivity index (χ2v) is 8.58. The minimum atomic E-state index is -3.73. The van der Waals surface area contributed by atoms with Gasteiger partial charge in [-0.2, -0.15) is 5.26 Å². The molecule has 0 aliphatic carbocycles. The van der Waals surface area contributed by atoms with Gasteiger partial charge in [0.2, 0.25) is 15.9 Å². The number of likely N-dealkylation sites (tertiary alicyclic amines) is 1. The number of anilines is 1. The topological polar surface area (TPSA) is 102 Å². The van der Waals surface area contributed by atoms with Crippen LogP contribution in [-0.4, -0.2) is 38.4 Å². The standard InChI is InChI=1S/C18H26N4O3S/c1-4-13(2)9-18(23)20-15-6-5-14(3)17(10-15)26(24,25)21-16-7-8-22(11-16)12-19/h5-6,10,13,16,21H,4,7-9,11H2,1-3H3,(H,20,23)/t13?,16-/m1/s1. The minimum absolute atomic E-state index is 0.125. The van der Waals surface area contributed by atoms with Crippen LogP contribution >= 0.6 is 0 Å². The van der Waals surface area contributed by atoms with E-state index >= 15 is 0 Å². The Bertz CT molecular complexity index is 801. The first-order chi connectivity index (χ1) is 12.2. The van der Waals surface area contributed by atoms with Crippen molar-refractivity contribution in [3.63, 3.8) is 0 Å². The van der Waals surface area contributed by atoms with Crippen LogP contribution in [-0.2, 0) is 14.8 Å². The van der Waals surface area contributed by atoms with Crippen LogP contribution in [0, 0.1) is 24.3 Å². The summed E-state index contributed by atoms with van der Waals surface area (Å²) in [5.74, 6) is 0.149. The first-order valence-corrected chi connectivity index (χ1v) is 10.3. The third kappa shape index (κ3) is 5.19. The van der Waals surface area contributed by atoms with Gasteiger partial charge < -0.3 is 10.2 Å². The van der Waals surface area contributed by atoms with E-state index in [4.69, 9.17) is 5.26 Å². The number of carbonyl (C=O) groups excluding carboxylic acids is 1. The lowest BCUT2D eigenvalue weighted by Gasteiger charge is -2.16. The summed E-state index contributed by atoms with van der Waals surface area (Å²) in [6.07, 6.45) is 3.94. The fourth-order valence-corrected chi connectivity index (χ4v) is 4.40. The number of nitriles is 1. The molecule has 8 heteroatoms. The molecule has 2 rings (SSSR count). The third-order valence-electron chi connectivity index (χ3n) is 4.64. The van der Waals surface area contributed by atoms with Gasteiger partial charge in [-0.15, -0.1) is 0 Å². The number of amides is 1. The zero-order chi connectivity index (χ0) is 19.3. The van der Waals surface area contributed by atoms with E-state index in [9.17, 15) is 13.2 Å². The lowest BCUT2D eigenvalue weighted by atomic mass is 10.1. The molecular formula is C18H26N4O3S. The fraction of sp³-hybridized carbons (Fsp3) is 0.556. The highest BCUT2D eigenvalue weighted by Gasteiger charge is 2.27. The van der Waals surface area contributed by atoms with Gasteiger partial charge in [0.05, 0.1) is 4.90 Å². The first kappa shape index (κ1) is 20.2. The van der Waals surface area contributed by atoms with Crippen molar-refractivity contribution in [2.75, 3.05) is 18.4 Å². The zero-order valence-electron chi connectivity index (χ0n) is 15.4. The van der Waals surface area contributed by atoms with Gasteiger partial charge in [-0.05, 0) is 37.0 Å². The molecule has 1 aliphatic rings. The van der Waals surface area contributed by atoms with Gasteiger partial charge in [-0.25, -0.2) is 13.1 Å². The predicted octanol–water partition coefficient (Wildman–Crippen LogP) is 2.20. The summed E-state index contributed by atoms with van der Waals surface area (Å²) in [4.78, 5) is 13.7. The number of hydrogen-bond donors (Lipinski definition) is 2. The van der Waals surface area contributed by atoms with Crippen molar-refractivity contribution < 1.29 is 13.2 Å². The van der Waals surface area contributed by atoms with Gasteiger partial charge in [-0.3, -0.25) is 4.79 Å². The van der Waals surface area contributed by atoms with E-state index in [1.807, 2.05) is 20.0 Å². The average Bonchev–Trinajstić information content (AvgIpc) is 3.03. The molecular weight excluding hydrogens is 352 g/mol. The Kier molecular flexibility index (Phi) is 6.62. The van der Waals surface area contributed by atoms with Crippen LogP contribution in [0.5, 0.6) is 0 Å². The van der Waals surface area contributed by atoms with E-state index in [0.29, 0.717) is 37.2 Å². The molecule has 1 aromatic rings. The lowest BCUT2D eigenvalue weighted by molar-refractivity contribution is -0.117. The monoisotopic (exact) mass is 378 g/mol. The SMILES string of the molecule is CCC(C)CC(=O)Nc1ccc(C)c(S(=O)(=O)N[C@@H]2CCN(C#N)C2)c1. The molecule has 2 N–H and O–H groups in total. The highest BCUT2D eigenvalue weighted by Crippen LogP contribution is 2.22. The van der Waals surface area contributed by atoms with Crippen molar-refractivity contribution in [1.29, 1.82) is 5.26 Å². The Labute approximate surface area is 155 Å². The number of aryl methyl sites for hydroxylation is 1. The van der Waals surface area contributed by atoms with E-state index in [1.54, 1.807) is 19.1 Å². The van der Waals surface area contributed by atoms with Crippen LogP contribution in [0.15, 0.2) is 23.1 Å². The molecule has 0 bridgehead atoms. The van der Waals surface area contributed by atoms with Crippen LogP contribution in [0.2, 0.25) is 0 Å². The Morgan fingerprint density at radius 2 is 2.19 bits per heavy atom. The Balaban J connectivity index is 2.13. The average molecular weight is 378 g/mol. The van der Waals surface area contributed by atoms with Crippen LogP contribution < -0.4 is 10.0 Å². The normalized spacial score (nSPS) is 18.4. The molecule has 0 radical (unpaired) electrons. The van der Waals surface area contributed by atoms with Crippen molar-refractivity contribution in [3.05, 3.63) is 23.8 Å². The van der Waals surface area contributed by atoms with Gasteiger partial charge in [0.1, 0.15) is 0 Å². The second kappa shape index (κ2) is 8.52. The maximum Gasteiger partial charge on any atom is 0.241 e. The van der Waals surface area contributed by atoms with Crippen molar-refractivity contribution in [1.82, 2.24) is 9.62 Å². The first-order valence-electron chi connectivity index (χ1n) is 8.82. The van der Waals surface area contributed by atoms with Crippen LogP contribution in [0.3, 0.4) is 0 Å². The largest absolute Gasteiger partial charge is 0.326 e. The molecule has 1 aliphatic heterocycles. The summed E-state index contributed by atoms with van der Waals surface area (Å²) in [7, 11) is -3.73. The summed E-state index contributed by atoms with van der Waals surface area (Å²) in [6.45, 7) is 6.67. The highest BCUT2D eigenvalue weighted by atomic mass is 32.2. The fourth-order valence-electron chi connectivity index (χ4n) is 2.87. The molecule has 142 valence electrons. The Morgan fingerprint density at radius 1 is 1.46 bits per heavy atom. The molecule has 1 amide bonds. The zero-order valence-corrected chi connectivity index (χ0v) is 16.3. The Hall–Kier alpha value is -2.11. The lowest BCUT2D eigenvalue weighted by Crippen LogP contribution is -2.36. The number of benzene rings is 1. The number of nitrogens with zero attached hydrogens (tertiary/aromatic N) is 2. The van der Waals surface area contributed by atoms with Gasteiger partial charge in [0, 0.05) is 31.2 Å². The highest BCUT2D eigenvalue weighted by molar-refractivity contribution is 7.89. The van der Waals surface area contributed by atoms with Crippen molar-refractivity contribution >= 4 is 21.6 Å². The van der Waals surface area contributed by atoms with Crippen molar-refractivity contribution in [3.8, 4) is 6.19 Å². The van der Waals surface area contributed by atoms with E-state index in [1.165, 1.54) is 11.0 Å². The molecule has 1 saturated heterocycles. The quantitative estimate of drug-likeness (QED) is 0.708. The summed E-state index contributed by atoms with van der Waals surface area (Å²) in [6, 6.07) is 4.59. The molecule has 0 spiro atoms. The third-order valence-corrected chi connectivity index (χ3v) is 6.31. The molecule has 0 saturated carbocycles. The molecule has 26 heavy (non-hydrogen) atoms. The Morgan fingerprint density at radius 3 is 2.81 bits per heavy atom. The number of rotatable bonds is 7. The summed E-state index contributed by atoms with van der Waals surface area (Å²) in [5, 5.41) is 11.7. The smallest absolute Gasteiger partial charge is 0.241 e. The molecule has 1 heterocycles. The number of sulfonamides is 1. The summed E-state index contributed by atoms with van der Waals surface area (Å²) >= 11 is 0. The molecule has 1 unspecified atom stereocenters. The number of hydrogen-bond acceptors (Lipinski definition) is 5. The van der Waals surface area contributed by atoms with Gasteiger partial charge in [0.25, 0.3) is 0 Å². The van der Waals surface area contributed by atoms with E-state index in [0.717, 1.165) is 6.42 Å². The number of nitrogens with one attached hydrogen (secondary N) is 2. The second-order valence-electron chi connectivity index (χ2n) is 6.90. The minimum Gasteiger partial charge on any atom is -0.326 e. The van der Waals surface area contributed by atoms with Crippen LogP contribution in [0.4, 0.5) is 5.69 Å².